The SMILES string of the molecule is O=C(NC(CC(=O)N1CCC2(CC1)OCCO2)c1ccccc1)c1ccccc1. The van der Waals surface area contributed by atoms with E-state index in [-0.39, 0.29) is 24.3 Å². The van der Waals surface area contributed by atoms with Gasteiger partial charge < -0.3 is 19.7 Å². The van der Waals surface area contributed by atoms with E-state index in [1.807, 2.05) is 53.4 Å². The van der Waals surface area contributed by atoms with Crippen LogP contribution in [0, 0.1) is 0 Å². The Balaban J connectivity index is 1.43. The molecule has 2 aliphatic heterocycles. The first-order valence-electron chi connectivity index (χ1n) is 10.1. The molecule has 152 valence electrons. The van der Waals surface area contributed by atoms with E-state index in [1.54, 1.807) is 12.1 Å². The first-order valence-corrected chi connectivity index (χ1v) is 10.1. The molecule has 1 atom stereocenters. The van der Waals surface area contributed by atoms with Gasteiger partial charge in [-0.15, -0.1) is 0 Å². The molecular formula is C23H26N2O4. The molecule has 2 fully saturated rings. The summed E-state index contributed by atoms with van der Waals surface area (Å²) in [6.45, 7) is 2.45. The van der Waals surface area contributed by atoms with E-state index in [1.165, 1.54) is 0 Å². The lowest BCUT2D eigenvalue weighted by Gasteiger charge is -2.38. The van der Waals surface area contributed by atoms with Crippen molar-refractivity contribution in [3.63, 3.8) is 0 Å². The summed E-state index contributed by atoms with van der Waals surface area (Å²) in [5.74, 6) is -0.658. The van der Waals surface area contributed by atoms with Gasteiger partial charge in [0.1, 0.15) is 0 Å². The van der Waals surface area contributed by atoms with Crippen LogP contribution in [0.1, 0.15) is 41.2 Å². The molecular weight excluding hydrogens is 368 g/mol. The molecule has 6 nitrogen and oxygen atoms in total. The number of ether oxygens (including phenoxy) is 2. The van der Waals surface area contributed by atoms with Crippen molar-refractivity contribution in [2.45, 2.75) is 31.1 Å². The minimum atomic E-state index is -0.503. The average molecular weight is 394 g/mol. The van der Waals surface area contributed by atoms with Crippen LogP contribution in [0.25, 0.3) is 0 Å². The molecule has 2 aliphatic rings. The Kier molecular flexibility index (Phi) is 5.92. The molecule has 1 spiro atoms. The van der Waals surface area contributed by atoms with Crippen LogP contribution < -0.4 is 5.32 Å². The molecule has 0 aromatic heterocycles. The van der Waals surface area contributed by atoms with Crippen molar-refractivity contribution >= 4 is 11.8 Å². The summed E-state index contributed by atoms with van der Waals surface area (Å²) < 4.78 is 11.5. The maximum absolute atomic E-state index is 13.0. The van der Waals surface area contributed by atoms with Gasteiger partial charge in [-0.1, -0.05) is 48.5 Å². The summed E-state index contributed by atoms with van der Waals surface area (Å²) in [4.78, 5) is 27.5. The Morgan fingerprint density at radius 2 is 1.52 bits per heavy atom. The fourth-order valence-electron chi connectivity index (χ4n) is 3.95. The molecule has 0 aliphatic carbocycles. The number of amides is 2. The number of likely N-dealkylation sites (tertiary alicyclic amines) is 1. The molecule has 1 unspecified atom stereocenters. The van der Waals surface area contributed by atoms with Crippen molar-refractivity contribution in [3.05, 3.63) is 71.8 Å². The molecule has 2 aromatic carbocycles. The van der Waals surface area contributed by atoms with Crippen molar-refractivity contribution in [1.82, 2.24) is 10.2 Å². The second-order valence-electron chi connectivity index (χ2n) is 7.50. The van der Waals surface area contributed by atoms with Gasteiger partial charge in [-0.2, -0.15) is 0 Å². The molecule has 0 bridgehead atoms. The zero-order chi connectivity index (χ0) is 20.1. The molecule has 1 N–H and O–H groups in total. The number of hydrogen-bond donors (Lipinski definition) is 1. The van der Waals surface area contributed by atoms with Gasteiger partial charge in [0.05, 0.1) is 25.7 Å². The van der Waals surface area contributed by atoms with Crippen molar-refractivity contribution < 1.29 is 19.1 Å². The summed E-state index contributed by atoms with van der Waals surface area (Å²) >= 11 is 0. The summed E-state index contributed by atoms with van der Waals surface area (Å²) in [7, 11) is 0. The fourth-order valence-corrected chi connectivity index (χ4v) is 3.95. The van der Waals surface area contributed by atoms with Crippen LogP contribution in [0.2, 0.25) is 0 Å². The Labute approximate surface area is 170 Å². The highest BCUT2D eigenvalue weighted by Gasteiger charge is 2.41. The van der Waals surface area contributed by atoms with Crippen molar-refractivity contribution in [2.75, 3.05) is 26.3 Å². The molecule has 0 saturated carbocycles. The highest BCUT2D eigenvalue weighted by Crippen LogP contribution is 2.32. The lowest BCUT2D eigenvalue weighted by molar-refractivity contribution is -0.187. The third-order valence-corrected chi connectivity index (χ3v) is 5.61. The van der Waals surface area contributed by atoms with Gasteiger partial charge >= 0.3 is 0 Å². The molecule has 0 radical (unpaired) electrons. The van der Waals surface area contributed by atoms with Gasteiger partial charge in [0.2, 0.25) is 5.91 Å². The lowest BCUT2D eigenvalue weighted by atomic mass is 10.00. The second-order valence-corrected chi connectivity index (χ2v) is 7.50. The maximum Gasteiger partial charge on any atom is 0.251 e. The molecule has 2 heterocycles. The van der Waals surface area contributed by atoms with E-state index in [9.17, 15) is 9.59 Å². The van der Waals surface area contributed by atoms with Crippen LogP contribution in [0.4, 0.5) is 0 Å². The average Bonchev–Trinajstić information content (AvgIpc) is 3.22. The van der Waals surface area contributed by atoms with Gasteiger partial charge in [-0.05, 0) is 17.7 Å². The normalized spacial score (nSPS) is 19.1. The number of piperidine rings is 1. The van der Waals surface area contributed by atoms with Gasteiger partial charge in [-0.25, -0.2) is 0 Å². The largest absolute Gasteiger partial charge is 0.347 e. The molecule has 6 heteroatoms. The monoisotopic (exact) mass is 394 g/mol. The smallest absolute Gasteiger partial charge is 0.251 e. The van der Waals surface area contributed by atoms with Crippen molar-refractivity contribution in [3.8, 4) is 0 Å². The van der Waals surface area contributed by atoms with E-state index in [4.69, 9.17) is 9.47 Å². The zero-order valence-electron chi connectivity index (χ0n) is 16.4. The van der Waals surface area contributed by atoms with E-state index in [0.29, 0.717) is 44.7 Å². The van der Waals surface area contributed by atoms with E-state index < -0.39 is 5.79 Å². The quantitative estimate of drug-likeness (QED) is 0.847. The Hall–Kier alpha value is -2.70. The van der Waals surface area contributed by atoms with Crippen molar-refractivity contribution in [1.29, 1.82) is 0 Å². The first kappa shape index (κ1) is 19.6. The predicted molar refractivity (Wildman–Crippen MR) is 108 cm³/mol. The highest BCUT2D eigenvalue weighted by molar-refractivity contribution is 5.94. The topological polar surface area (TPSA) is 67.9 Å². The fraction of sp³-hybridized carbons (Fsp3) is 0.391. The molecule has 2 aromatic rings. The Morgan fingerprint density at radius 3 is 2.14 bits per heavy atom. The van der Waals surface area contributed by atoms with Crippen LogP contribution >= 0.6 is 0 Å². The number of nitrogens with zero attached hydrogens (tertiary/aromatic N) is 1. The van der Waals surface area contributed by atoms with E-state index in [0.717, 1.165) is 5.56 Å². The third kappa shape index (κ3) is 4.66. The molecule has 2 saturated heterocycles. The Bertz CT molecular complexity index is 824. The van der Waals surface area contributed by atoms with Gasteiger partial charge in [-0.3, -0.25) is 9.59 Å². The number of carbonyl (C=O) groups excluding carboxylic acids is 2. The number of hydrogen-bond acceptors (Lipinski definition) is 4. The van der Waals surface area contributed by atoms with E-state index >= 15 is 0 Å². The molecule has 2 amide bonds. The minimum absolute atomic E-state index is 0.0278. The number of carbonyl (C=O) groups is 2. The second kappa shape index (κ2) is 8.76. The Morgan fingerprint density at radius 1 is 0.931 bits per heavy atom. The molecule has 29 heavy (non-hydrogen) atoms. The number of benzene rings is 2. The van der Waals surface area contributed by atoms with Crippen LogP contribution in [0.15, 0.2) is 60.7 Å². The van der Waals surface area contributed by atoms with Gasteiger partial charge in [0.15, 0.2) is 5.79 Å². The van der Waals surface area contributed by atoms with E-state index in [2.05, 4.69) is 5.32 Å². The standard InChI is InChI=1S/C23H26N2O4/c26-21(25-13-11-23(12-14-25)28-15-16-29-23)17-20(18-7-3-1-4-8-18)24-22(27)19-9-5-2-6-10-19/h1-10,20H,11-17H2,(H,24,27). The minimum Gasteiger partial charge on any atom is -0.347 e. The number of nitrogens with one attached hydrogen (secondary N) is 1. The summed E-state index contributed by atoms with van der Waals surface area (Å²) in [6, 6.07) is 18.3. The van der Waals surface area contributed by atoms with Crippen LogP contribution in [-0.2, 0) is 14.3 Å². The van der Waals surface area contributed by atoms with Gasteiger partial charge in [0.25, 0.3) is 5.91 Å². The van der Waals surface area contributed by atoms with Crippen molar-refractivity contribution in [2.24, 2.45) is 0 Å². The molecule has 4 rings (SSSR count). The first-order chi connectivity index (χ1) is 14.2. The third-order valence-electron chi connectivity index (χ3n) is 5.61. The summed E-state index contributed by atoms with van der Waals surface area (Å²) in [5, 5.41) is 3.03. The highest BCUT2D eigenvalue weighted by atomic mass is 16.7. The van der Waals surface area contributed by atoms with Gasteiger partial charge in [0, 0.05) is 31.5 Å². The van der Waals surface area contributed by atoms with Crippen LogP contribution in [-0.4, -0.2) is 48.8 Å². The zero-order valence-corrected chi connectivity index (χ0v) is 16.4. The number of rotatable bonds is 5. The summed E-state index contributed by atoms with van der Waals surface area (Å²) in [5.41, 5.74) is 1.50. The lowest BCUT2D eigenvalue weighted by Crippen LogP contribution is -2.48. The van der Waals surface area contributed by atoms with Crippen LogP contribution in [0.3, 0.4) is 0 Å². The van der Waals surface area contributed by atoms with Crippen LogP contribution in [0.5, 0.6) is 0 Å². The summed E-state index contributed by atoms with van der Waals surface area (Å²) in [6.07, 6.45) is 1.59. The maximum atomic E-state index is 13.0. The predicted octanol–water partition coefficient (Wildman–Crippen LogP) is 2.91.